The van der Waals surface area contributed by atoms with Gasteiger partial charge in [-0.2, -0.15) is 18.4 Å². The molecule has 0 aliphatic rings. The summed E-state index contributed by atoms with van der Waals surface area (Å²) < 4.78 is 37.5. The molecule has 0 fully saturated rings. The first kappa shape index (κ1) is 15.5. The van der Waals surface area contributed by atoms with E-state index in [4.69, 9.17) is 5.26 Å². The van der Waals surface area contributed by atoms with Gasteiger partial charge in [0.25, 0.3) is 0 Å². The summed E-state index contributed by atoms with van der Waals surface area (Å²) in [6.45, 7) is 4.63. The van der Waals surface area contributed by atoms with Crippen LogP contribution >= 0.6 is 0 Å². The molecule has 1 aromatic carbocycles. The highest BCUT2D eigenvalue weighted by atomic mass is 19.4. The highest BCUT2D eigenvalue weighted by Gasteiger charge is 2.30. The first-order chi connectivity index (χ1) is 8.74. The molecule has 0 heterocycles. The van der Waals surface area contributed by atoms with Gasteiger partial charge < -0.3 is 5.32 Å². The average Bonchev–Trinajstić information content (AvgIpc) is 2.34. The van der Waals surface area contributed by atoms with E-state index >= 15 is 0 Å². The first-order valence-corrected chi connectivity index (χ1v) is 6.03. The van der Waals surface area contributed by atoms with Crippen LogP contribution in [0.4, 0.5) is 13.2 Å². The zero-order valence-corrected chi connectivity index (χ0v) is 11.0. The van der Waals surface area contributed by atoms with Crippen LogP contribution in [0.15, 0.2) is 24.3 Å². The highest BCUT2D eigenvalue weighted by Crippen LogP contribution is 2.29. The molecule has 2 nitrogen and oxygen atoms in total. The second-order valence-corrected chi connectivity index (χ2v) is 5.12. The lowest BCUT2D eigenvalue weighted by Crippen LogP contribution is -2.21. The van der Waals surface area contributed by atoms with Crippen LogP contribution in [0, 0.1) is 16.7 Å². The van der Waals surface area contributed by atoms with Gasteiger partial charge in [0, 0.05) is 6.54 Å². The maximum atomic E-state index is 12.5. The molecule has 19 heavy (non-hydrogen) atoms. The van der Waals surface area contributed by atoms with Crippen LogP contribution < -0.4 is 5.32 Å². The monoisotopic (exact) mass is 270 g/mol. The van der Waals surface area contributed by atoms with Gasteiger partial charge in [-0.25, -0.2) is 0 Å². The predicted octanol–water partition coefficient (Wildman–Crippen LogP) is 3.73. The number of rotatable bonds is 5. The Morgan fingerprint density at radius 2 is 1.95 bits per heavy atom. The topological polar surface area (TPSA) is 35.8 Å². The van der Waals surface area contributed by atoms with E-state index in [2.05, 4.69) is 11.4 Å². The zero-order valence-electron chi connectivity index (χ0n) is 11.0. The van der Waals surface area contributed by atoms with E-state index in [0.717, 1.165) is 12.1 Å². The van der Waals surface area contributed by atoms with Crippen LogP contribution in [0.25, 0.3) is 0 Å². The first-order valence-electron chi connectivity index (χ1n) is 6.03. The highest BCUT2D eigenvalue weighted by molar-refractivity contribution is 5.25. The van der Waals surface area contributed by atoms with Gasteiger partial charge in [0.2, 0.25) is 0 Å². The van der Waals surface area contributed by atoms with Crippen molar-refractivity contribution in [2.24, 2.45) is 5.41 Å². The Morgan fingerprint density at radius 1 is 1.26 bits per heavy atom. The third-order valence-electron chi connectivity index (χ3n) is 2.81. The summed E-state index contributed by atoms with van der Waals surface area (Å²) in [6, 6.07) is 7.43. The van der Waals surface area contributed by atoms with Crippen molar-refractivity contribution in [2.45, 2.75) is 33.0 Å². The van der Waals surface area contributed by atoms with Crippen LogP contribution in [-0.4, -0.2) is 6.54 Å². The Bertz CT molecular complexity index is 458. The molecule has 0 aliphatic carbocycles. The van der Waals surface area contributed by atoms with E-state index in [9.17, 15) is 13.2 Å². The summed E-state index contributed by atoms with van der Waals surface area (Å²) in [7, 11) is 0. The fraction of sp³-hybridized carbons (Fsp3) is 0.500. The standard InChI is InChI=1S/C14H17F3N2/c1-13(2,10-18)6-7-19-9-11-4-3-5-12(8-11)14(15,16)17/h3-5,8,19H,6-7,9H2,1-2H3. The van der Waals surface area contributed by atoms with Gasteiger partial charge in [-0.05, 0) is 38.4 Å². The van der Waals surface area contributed by atoms with E-state index in [0.29, 0.717) is 25.1 Å². The second-order valence-electron chi connectivity index (χ2n) is 5.12. The lowest BCUT2D eigenvalue weighted by molar-refractivity contribution is -0.137. The number of hydrogen-bond donors (Lipinski definition) is 1. The molecule has 1 aromatic rings. The summed E-state index contributed by atoms with van der Waals surface area (Å²) in [5, 5.41) is 11.9. The molecule has 5 heteroatoms. The van der Waals surface area contributed by atoms with E-state index in [1.54, 1.807) is 6.07 Å². The molecule has 0 atom stereocenters. The van der Waals surface area contributed by atoms with Gasteiger partial charge in [-0.3, -0.25) is 0 Å². The van der Waals surface area contributed by atoms with Crippen LogP contribution in [-0.2, 0) is 12.7 Å². The lowest BCUT2D eigenvalue weighted by Gasteiger charge is -2.15. The Hall–Kier alpha value is -1.54. The molecule has 0 unspecified atom stereocenters. The molecule has 0 saturated carbocycles. The minimum absolute atomic E-state index is 0.366. The van der Waals surface area contributed by atoms with Crippen molar-refractivity contribution in [2.75, 3.05) is 6.54 Å². The second kappa shape index (κ2) is 6.07. The smallest absolute Gasteiger partial charge is 0.313 e. The van der Waals surface area contributed by atoms with Crippen molar-refractivity contribution in [3.63, 3.8) is 0 Å². The largest absolute Gasteiger partial charge is 0.416 e. The number of alkyl halides is 3. The Kier molecular flexibility index (Phi) is 4.96. The predicted molar refractivity (Wildman–Crippen MR) is 67.2 cm³/mol. The molecule has 1 rings (SSSR count). The molecule has 1 N–H and O–H groups in total. The van der Waals surface area contributed by atoms with E-state index in [1.807, 2.05) is 13.8 Å². The number of halogens is 3. The minimum atomic E-state index is -4.31. The van der Waals surface area contributed by atoms with Gasteiger partial charge in [0.05, 0.1) is 17.0 Å². The molecule has 0 amide bonds. The summed E-state index contributed by atoms with van der Waals surface area (Å²) in [6.07, 6.45) is -3.65. The molecule has 0 radical (unpaired) electrons. The van der Waals surface area contributed by atoms with Gasteiger partial charge in [-0.1, -0.05) is 18.2 Å². The van der Waals surface area contributed by atoms with E-state index < -0.39 is 17.2 Å². The van der Waals surface area contributed by atoms with E-state index in [-0.39, 0.29) is 0 Å². The van der Waals surface area contributed by atoms with Gasteiger partial charge in [0.15, 0.2) is 0 Å². The molecule has 0 saturated heterocycles. The maximum absolute atomic E-state index is 12.5. The third kappa shape index (κ3) is 5.31. The Labute approximate surface area is 111 Å². The third-order valence-corrected chi connectivity index (χ3v) is 2.81. The minimum Gasteiger partial charge on any atom is -0.313 e. The van der Waals surface area contributed by atoms with Crippen molar-refractivity contribution < 1.29 is 13.2 Å². The van der Waals surface area contributed by atoms with Crippen LogP contribution in [0.5, 0.6) is 0 Å². The lowest BCUT2D eigenvalue weighted by atomic mass is 9.91. The van der Waals surface area contributed by atoms with E-state index in [1.165, 1.54) is 6.07 Å². The van der Waals surface area contributed by atoms with Gasteiger partial charge in [-0.15, -0.1) is 0 Å². The van der Waals surface area contributed by atoms with Crippen LogP contribution in [0.2, 0.25) is 0 Å². The van der Waals surface area contributed by atoms with Crippen LogP contribution in [0.1, 0.15) is 31.4 Å². The molecule has 0 bridgehead atoms. The van der Waals surface area contributed by atoms with Crippen molar-refractivity contribution in [3.8, 4) is 6.07 Å². The van der Waals surface area contributed by atoms with Crippen molar-refractivity contribution in [1.82, 2.24) is 5.32 Å². The molecule has 0 aliphatic heterocycles. The van der Waals surface area contributed by atoms with Gasteiger partial charge >= 0.3 is 6.18 Å². The molecule has 0 aromatic heterocycles. The Balaban J connectivity index is 2.49. The van der Waals surface area contributed by atoms with Gasteiger partial charge in [0.1, 0.15) is 0 Å². The maximum Gasteiger partial charge on any atom is 0.416 e. The summed E-state index contributed by atoms with van der Waals surface area (Å²) in [4.78, 5) is 0. The summed E-state index contributed by atoms with van der Waals surface area (Å²) in [5.74, 6) is 0. The fourth-order valence-electron chi connectivity index (χ4n) is 1.55. The number of nitriles is 1. The normalized spacial score (nSPS) is 12.2. The zero-order chi connectivity index (χ0) is 14.5. The van der Waals surface area contributed by atoms with Crippen LogP contribution in [0.3, 0.4) is 0 Å². The molecular formula is C14H17F3N2. The fourth-order valence-corrected chi connectivity index (χ4v) is 1.55. The Morgan fingerprint density at radius 3 is 2.53 bits per heavy atom. The SMILES string of the molecule is CC(C)(C#N)CCNCc1cccc(C(F)(F)F)c1. The molecule has 0 spiro atoms. The van der Waals surface area contributed by atoms with Crippen molar-refractivity contribution >= 4 is 0 Å². The summed E-state index contributed by atoms with van der Waals surface area (Å²) >= 11 is 0. The average molecular weight is 270 g/mol. The number of nitrogens with one attached hydrogen (secondary N) is 1. The summed E-state index contributed by atoms with van der Waals surface area (Å²) in [5.41, 5.74) is -0.463. The number of nitrogens with zero attached hydrogens (tertiary/aromatic N) is 1. The van der Waals surface area contributed by atoms with Crippen molar-refractivity contribution in [3.05, 3.63) is 35.4 Å². The molecule has 104 valence electrons. The quantitative estimate of drug-likeness (QED) is 0.827. The number of hydrogen-bond acceptors (Lipinski definition) is 2. The van der Waals surface area contributed by atoms with Crippen molar-refractivity contribution in [1.29, 1.82) is 5.26 Å². The molecular weight excluding hydrogens is 253 g/mol. The number of benzene rings is 1.